The largest absolute Gasteiger partial charge is 0.439 e. The maximum atomic E-state index is 13.0. The summed E-state index contributed by atoms with van der Waals surface area (Å²) in [5.41, 5.74) is 1.50. The third kappa shape index (κ3) is 5.74. The summed E-state index contributed by atoms with van der Waals surface area (Å²) in [4.78, 5) is 40.4. The number of morpholine rings is 1. The van der Waals surface area contributed by atoms with Crippen LogP contribution >= 0.6 is 0 Å². The molecule has 0 bridgehead atoms. The van der Waals surface area contributed by atoms with Crippen molar-refractivity contribution in [1.29, 1.82) is 0 Å². The lowest BCUT2D eigenvalue weighted by Crippen LogP contribution is -2.55. The number of aromatic nitrogens is 2. The van der Waals surface area contributed by atoms with Crippen LogP contribution in [0.4, 0.5) is 17.1 Å². The number of rotatable bonds is 7. The van der Waals surface area contributed by atoms with E-state index < -0.39 is 39.8 Å². The number of nitrogens with one attached hydrogen (secondary N) is 3. The van der Waals surface area contributed by atoms with E-state index in [-0.39, 0.29) is 24.7 Å². The zero-order valence-electron chi connectivity index (χ0n) is 18.3. The molecule has 1 fully saturated rings. The molecule has 1 aliphatic heterocycles. The van der Waals surface area contributed by atoms with Crippen molar-refractivity contribution in [3.8, 4) is 11.4 Å². The summed E-state index contributed by atoms with van der Waals surface area (Å²) in [5, 5.41) is 16.6. The summed E-state index contributed by atoms with van der Waals surface area (Å²) < 4.78 is 35.2. The molecule has 2 atom stereocenters. The topological polar surface area (TPSA) is 184 Å². The maximum absolute atomic E-state index is 13.0. The molecule has 0 unspecified atom stereocenters. The first-order chi connectivity index (χ1) is 16.6. The standard InChI is InChI=1S/C21H21N5O8S/c1-35(31,32)25-14-3-2-4-15(11-14)26-9-10-33-17(20(26)29)16(27)19(28)22-13-7-5-12(6-8-13)18-23-21(30)34-24-18/h2-8,11,16-17,25,27H,9-10H2,1H3,(H,22,28)(H,23,24,30)/t16-,17-/m1/s1. The van der Waals surface area contributed by atoms with E-state index in [1.807, 2.05) is 0 Å². The third-order valence-corrected chi connectivity index (χ3v) is 5.61. The van der Waals surface area contributed by atoms with Crippen LogP contribution in [0.5, 0.6) is 0 Å². The van der Waals surface area contributed by atoms with E-state index in [0.717, 1.165) is 6.26 Å². The lowest BCUT2D eigenvalue weighted by molar-refractivity contribution is -0.150. The van der Waals surface area contributed by atoms with Gasteiger partial charge in [-0.2, -0.15) is 0 Å². The molecule has 1 aliphatic rings. The molecular weight excluding hydrogens is 482 g/mol. The number of aliphatic hydroxyl groups is 1. The number of anilines is 3. The minimum Gasteiger partial charge on any atom is -0.380 e. The van der Waals surface area contributed by atoms with Gasteiger partial charge in [0.05, 0.1) is 18.6 Å². The maximum Gasteiger partial charge on any atom is 0.439 e. The summed E-state index contributed by atoms with van der Waals surface area (Å²) in [6.45, 7) is 0.201. The Labute approximate surface area is 198 Å². The zero-order chi connectivity index (χ0) is 25.2. The van der Waals surface area contributed by atoms with Crippen molar-refractivity contribution in [2.24, 2.45) is 0 Å². The first-order valence-electron chi connectivity index (χ1n) is 10.3. The summed E-state index contributed by atoms with van der Waals surface area (Å²) in [7, 11) is -3.52. The van der Waals surface area contributed by atoms with Gasteiger partial charge in [-0.25, -0.2) is 13.2 Å². The molecule has 1 aromatic heterocycles. The minimum absolute atomic E-state index is 0.0507. The van der Waals surface area contributed by atoms with Crippen LogP contribution in [-0.4, -0.2) is 67.1 Å². The highest BCUT2D eigenvalue weighted by Crippen LogP contribution is 2.24. The number of hydrogen-bond donors (Lipinski definition) is 4. The van der Waals surface area contributed by atoms with Gasteiger partial charge >= 0.3 is 5.76 Å². The van der Waals surface area contributed by atoms with Crippen LogP contribution in [0, 0.1) is 0 Å². The van der Waals surface area contributed by atoms with Crippen molar-refractivity contribution in [2.45, 2.75) is 12.2 Å². The molecule has 35 heavy (non-hydrogen) atoms. The van der Waals surface area contributed by atoms with Crippen molar-refractivity contribution in [2.75, 3.05) is 34.3 Å². The Kier molecular flexibility index (Phi) is 6.68. The van der Waals surface area contributed by atoms with Crippen molar-refractivity contribution in [1.82, 2.24) is 10.1 Å². The van der Waals surface area contributed by atoms with Crippen LogP contribution in [0.2, 0.25) is 0 Å². The molecule has 2 amide bonds. The van der Waals surface area contributed by atoms with Crippen molar-refractivity contribution < 1.29 is 32.4 Å². The molecule has 3 aromatic rings. The summed E-state index contributed by atoms with van der Waals surface area (Å²) in [5.74, 6) is -2.00. The highest BCUT2D eigenvalue weighted by atomic mass is 32.2. The lowest BCUT2D eigenvalue weighted by Gasteiger charge is -2.34. The fourth-order valence-corrected chi connectivity index (χ4v) is 4.01. The minimum atomic E-state index is -3.52. The number of H-pyrrole nitrogens is 1. The summed E-state index contributed by atoms with van der Waals surface area (Å²) in [6, 6.07) is 12.3. The number of nitrogens with zero attached hydrogens (tertiary/aromatic N) is 2. The van der Waals surface area contributed by atoms with E-state index in [1.165, 1.54) is 29.2 Å². The van der Waals surface area contributed by atoms with E-state index in [9.17, 15) is 27.9 Å². The highest BCUT2D eigenvalue weighted by molar-refractivity contribution is 7.92. The number of aliphatic hydroxyl groups excluding tert-OH is 1. The van der Waals surface area contributed by atoms with Gasteiger partial charge in [0.1, 0.15) is 0 Å². The van der Waals surface area contributed by atoms with Crippen LogP contribution in [0.25, 0.3) is 11.4 Å². The van der Waals surface area contributed by atoms with Gasteiger partial charge in [-0.05, 0) is 42.5 Å². The molecular formula is C21H21N5O8S. The lowest BCUT2D eigenvalue weighted by atomic mass is 10.1. The van der Waals surface area contributed by atoms with Gasteiger partial charge in [-0.3, -0.25) is 23.8 Å². The Morgan fingerprint density at radius 2 is 1.94 bits per heavy atom. The molecule has 0 radical (unpaired) electrons. The smallest absolute Gasteiger partial charge is 0.380 e. The Balaban J connectivity index is 1.44. The highest BCUT2D eigenvalue weighted by Gasteiger charge is 2.39. The molecule has 184 valence electrons. The van der Waals surface area contributed by atoms with E-state index >= 15 is 0 Å². The summed E-state index contributed by atoms with van der Waals surface area (Å²) in [6.07, 6.45) is -2.27. The Morgan fingerprint density at radius 3 is 2.60 bits per heavy atom. The number of benzene rings is 2. The zero-order valence-corrected chi connectivity index (χ0v) is 19.1. The van der Waals surface area contributed by atoms with E-state index in [2.05, 4.69) is 24.7 Å². The molecule has 0 aliphatic carbocycles. The van der Waals surface area contributed by atoms with Crippen LogP contribution in [-0.2, 0) is 24.3 Å². The molecule has 4 rings (SSSR count). The average Bonchev–Trinajstić information content (AvgIpc) is 3.24. The Morgan fingerprint density at radius 1 is 1.20 bits per heavy atom. The number of carbonyl (C=O) groups is 2. The van der Waals surface area contributed by atoms with Crippen molar-refractivity contribution in [3.05, 3.63) is 59.1 Å². The van der Waals surface area contributed by atoms with Crippen LogP contribution in [0.15, 0.2) is 57.8 Å². The van der Waals surface area contributed by atoms with Crippen molar-refractivity contribution in [3.63, 3.8) is 0 Å². The Hall–Kier alpha value is -4.01. The van der Waals surface area contributed by atoms with E-state index in [1.54, 1.807) is 24.3 Å². The number of sulfonamides is 1. The van der Waals surface area contributed by atoms with Gasteiger partial charge in [0.25, 0.3) is 11.8 Å². The predicted molar refractivity (Wildman–Crippen MR) is 124 cm³/mol. The van der Waals surface area contributed by atoms with Gasteiger partial charge in [0, 0.05) is 23.5 Å². The fourth-order valence-electron chi connectivity index (χ4n) is 3.46. The number of hydrogen-bond acceptors (Lipinski definition) is 9. The second-order valence-corrected chi connectivity index (χ2v) is 9.41. The summed E-state index contributed by atoms with van der Waals surface area (Å²) >= 11 is 0. The predicted octanol–water partition coefficient (Wildman–Crippen LogP) is 0.133. The van der Waals surface area contributed by atoms with Gasteiger partial charge in [0.2, 0.25) is 10.0 Å². The molecule has 0 saturated carbocycles. The first kappa shape index (κ1) is 24.1. The normalized spacial score (nSPS) is 17.1. The Bertz CT molecular complexity index is 1400. The molecule has 2 heterocycles. The first-order valence-corrected chi connectivity index (χ1v) is 12.2. The second-order valence-electron chi connectivity index (χ2n) is 7.66. The van der Waals surface area contributed by atoms with Gasteiger partial charge in [0.15, 0.2) is 18.0 Å². The van der Waals surface area contributed by atoms with Crippen LogP contribution in [0.3, 0.4) is 0 Å². The molecule has 13 nitrogen and oxygen atoms in total. The second kappa shape index (κ2) is 9.69. The monoisotopic (exact) mass is 503 g/mol. The van der Waals surface area contributed by atoms with Gasteiger partial charge in [-0.15, -0.1) is 0 Å². The fraction of sp³-hybridized carbons (Fsp3) is 0.238. The van der Waals surface area contributed by atoms with Crippen molar-refractivity contribution >= 4 is 38.9 Å². The molecule has 1 saturated heterocycles. The van der Waals surface area contributed by atoms with Gasteiger partial charge in [-0.1, -0.05) is 11.2 Å². The number of amides is 2. The van der Waals surface area contributed by atoms with Crippen LogP contribution < -0.4 is 20.7 Å². The third-order valence-electron chi connectivity index (χ3n) is 5.00. The molecule has 14 heteroatoms. The number of aromatic amines is 1. The number of carbonyl (C=O) groups excluding carboxylic acids is 2. The molecule has 2 aromatic carbocycles. The average molecular weight is 503 g/mol. The van der Waals surface area contributed by atoms with Gasteiger partial charge < -0.3 is 20.1 Å². The van der Waals surface area contributed by atoms with E-state index in [0.29, 0.717) is 16.9 Å². The quantitative estimate of drug-likeness (QED) is 0.348. The van der Waals surface area contributed by atoms with E-state index in [4.69, 9.17) is 4.74 Å². The number of ether oxygens (including phenoxy) is 1. The van der Waals surface area contributed by atoms with Crippen LogP contribution in [0.1, 0.15) is 0 Å². The SMILES string of the molecule is CS(=O)(=O)Nc1cccc(N2CCO[C@H]([C@@H](O)C(=O)Nc3ccc(-c4noc(=O)[nH]4)cc3)C2=O)c1. The molecule has 0 spiro atoms. The molecule has 4 N–H and O–H groups in total.